The van der Waals surface area contributed by atoms with Crippen LogP contribution in [0.4, 0.5) is 0 Å². The van der Waals surface area contributed by atoms with E-state index in [-0.39, 0.29) is 0 Å². The van der Waals surface area contributed by atoms with E-state index in [9.17, 15) is 0 Å². The van der Waals surface area contributed by atoms with E-state index >= 15 is 0 Å². The first-order valence-electron chi connectivity index (χ1n) is 5.13. The third-order valence-corrected chi connectivity index (χ3v) is 3.63. The monoisotopic (exact) mass is 259 g/mol. The molecule has 0 fully saturated rings. The van der Waals surface area contributed by atoms with E-state index in [1.807, 2.05) is 6.07 Å². The highest BCUT2D eigenvalue weighted by molar-refractivity contribution is 7.99. The van der Waals surface area contributed by atoms with Crippen molar-refractivity contribution in [2.75, 3.05) is 0 Å². The van der Waals surface area contributed by atoms with Gasteiger partial charge in [-0.15, -0.1) is 0 Å². The quantitative estimate of drug-likeness (QED) is 0.782. The molecule has 0 saturated carbocycles. The molecule has 0 aliphatic carbocycles. The van der Waals surface area contributed by atoms with Gasteiger partial charge in [-0.1, -0.05) is 41.1 Å². The van der Waals surface area contributed by atoms with Gasteiger partial charge in [-0.3, -0.25) is 0 Å². The Labute approximate surface area is 110 Å². The van der Waals surface area contributed by atoms with Gasteiger partial charge in [0.1, 0.15) is 6.07 Å². The van der Waals surface area contributed by atoms with Crippen LogP contribution in [0, 0.1) is 18.3 Å². The Hall–Kier alpha value is -1.43. The van der Waals surface area contributed by atoms with E-state index in [4.69, 9.17) is 16.9 Å². The normalized spacial score (nSPS) is 9.94. The molecule has 0 radical (unpaired) electrons. The van der Waals surface area contributed by atoms with Crippen LogP contribution in [0.25, 0.3) is 0 Å². The van der Waals surface area contributed by atoms with Crippen LogP contribution in [0.3, 0.4) is 0 Å². The van der Waals surface area contributed by atoms with Crippen LogP contribution in [-0.4, -0.2) is 0 Å². The second-order valence-electron chi connectivity index (χ2n) is 3.67. The second-order valence-corrected chi connectivity index (χ2v) is 5.22. The number of benzene rings is 2. The fourth-order valence-corrected chi connectivity index (χ4v) is 2.46. The Kier molecular flexibility index (Phi) is 3.73. The molecule has 0 aliphatic heterocycles. The van der Waals surface area contributed by atoms with Crippen molar-refractivity contribution in [1.29, 1.82) is 5.26 Å². The maximum atomic E-state index is 9.04. The summed E-state index contributed by atoms with van der Waals surface area (Å²) >= 11 is 7.43. The largest absolute Gasteiger partial charge is 0.192 e. The first kappa shape index (κ1) is 12.0. The standard InChI is InChI=1S/C14H10ClNS/c1-10-2-5-13(6-3-10)17-14-7-4-12(15)8-11(14)9-16/h2-8H,1H3. The van der Waals surface area contributed by atoms with Crippen molar-refractivity contribution in [3.63, 3.8) is 0 Å². The zero-order chi connectivity index (χ0) is 12.3. The number of hydrogen-bond acceptors (Lipinski definition) is 2. The van der Waals surface area contributed by atoms with Crippen LogP contribution in [0.5, 0.6) is 0 Å². The molecule has 3 heteroatoms. The van der Waals surface area contributed by atoms with E-state index in [0.29, 0.717) is 10.6 Å². The SMILES string of the molecule is Cc1ccc(Sc2ccc(Cl)cc2C#N)cc1. The van der Waals surface area contributed by atoms with E-state index < -0.39 is 0 Å². The summed E-state index contributed by atoms with van der Waals surface area (Å²) in [5.74, 6) is 0. The zero-order valence-corrected chi connectivity index (χ0v) is 10.8. The highest BCUT2D eigenvalue weighted by Crippen LogP contribution is 2.31. The van der Waals surface area contributed by atoms with Gasteiger partial charge in [0, 0.05) is 14.8 Å². The van der Waals surface area contributed by atoms with Crippen molar-refractivity contribution < 1.29 is 0 Å². The highest BCUT2D eigenvalue weighted by Gasteiger charge is 2.04. The summed E-state index contributed by atoms with van der Waals surface area (Å²) in [6.07, 6.45) is 0. The molecular weight excluding hydrogens is 250 g/mol. The van der Waals surface area contributed by atoms with Gasteiger partial charge in [-0.05, 0) is 37.3 Å². The summed E-state index contributed by atoms with van der Waals surface area (Å²) in [6.45, 7) is 2.05. The molecule has 0 aliphatic rings. The van der Waals surface area contributed by atoms with E-state index in [1.54, 1.807) is 23.9 Å². The summed E-state index contributed by atoms with van der Waals surface area (Å²) in [7, 11) is 0. The first-order chi connectivity index (χ1) is 8.19. The molecule has 0 N–H and O–H groups in total. The molecule has 0 bridgehead atoms. The summed E-state index contributed by atoms with van der Waals surface area (Å²) in [4.78, 5) is 2.05. The zero-order valence-electron chi connectivity index (χ0n) is 9.27. The van der Waals surface area contributed by atoms with Gasteiger partial charge in [0.2, 0.25) is 0 Å². The molecule has 84 valence electrons. The Morgan fingerprint density at radius 1 is 1.12 bits per heavy atom. The maximum Gasteiger partial charge on any atom is 0.100 e. The second kappa shape index (κ2) is 5.27. The van der Waals surface area contributed by atoms with Crippen molar-refractivity contribution in [2.24, 2.45) is 0 Å². The third-order valence-electron chi connectivity index (χ3n) is 2.31. The van der Waals surface area contributed by atoms with Gasteiger partial charge < -0.3 is 0 Å². The number of rotatable bonds is 2. The Balaban J connectivity index is 2.30. The topological polar surface area (TPSA) is 23.8 Å². The van der Waals surface area contributed by atoms with Crippen LogP contribution in [0.1, 0.15) is 11.1 Å². The maximum absolute atomic E-state index is 9.04. The lowest BCUT2D eigenvalue weighted by atomic mass is 10.2. The minimum atomic E-state index is 0.592. The van der Waals surface area contributed by atoms with E-state index in [0.717, 1.165) is 9.79 Å². The molecule has 1 nitrogen and oxygen atoms in total. The predicted octanol–water partition coefficient (Wildman–Crippen LogP) is 4.67. The number of hydrogen-bond donors (Lipinski definition) is 0. The van der Waals surface area contributed by atoms with Crippen molar-refractivity contribution in [2.45, 2.75) is 16.7 Å². The Morgan fingerprint density at radius 3 is 2.47 bits per heavy atom. The fraction of sp³-hybridized carbons (Fsp3) is 0.0714. The number of nitriles is 1. The van der Waals surface area contributed by atoms with Crippen LogP contribution in [0.15, 0.2) is 52.3 Å². The highest BCUT2D eigenvalue weighted by atomic mass is 35.5. The molecule has 0 saturated heterocycles. The van der Waals surface area contributed by atoms with Crippen molar-refractivity contribution >= 4 is 23.4 Å². The predicted molar refractivity (Wildman–Crippen MR) is 71.5 cm³/mol. The van der Waals surface area contributed by atoms with Gasteiger partial charge in [0.15, 0.2) is 0 Å². The molecule has 0 heterocycles. The van der Waals surface area contributed by atoms with Gasteiger partial charge in [0.05, 0.1) is 5.56 Å². The molecule has 0 spiro atoms. The van der Waals surface area contributed by atoms with Crippen molar-refractivity contribution in [3.05, 3.63) is 58.6 Å². The lowest BCUT2D eigenvalue weighted by molar-refractivity contribution is 1.33. The van der Waals surface area contributed by atoms with Crippen LogP contribution in [-0.2, 0) is 0 Å². The summed E-state index contributed by atoms with van der Waals surface area (Å²) in [5, 5.41) is 9.64. The molecule has 0 amide bonds. The van der Waals surface area contributed by atoms with Gasteiger partial charge >= 0.3 is 0 Å². The average Bonchev–Trinajstić information content (AvgIpc) is 2.34. The summed E-state index contributed by atoms with van der Waals surface area (Å²) < 4.78 is 0. The molecule has 0 unspecified atom stereocenters. The fourth-order valence-electron chi connectivity index (χ4n) is 1.41. The van der Waals surface area contributed by atoms with Crippen LogP contribution in [0.2, 0.25) is 5.02 Å². The molecule has 0 aromatic heterocycles. The summed E-state index contributed by atoms with van der Waals surface area (Å²) in [6, 6.07) is 15.8. The molecule has 2 aromatic carbocycles. The average molecular weight is 260 g/mol. The van der Waals surface area contributed by atoms with Gasteiger partial charge in [0.25, 0.3) is 0 Å². The Bertz CT molecular complexity index is 570. The number of aryl methyl sites for hydroxylation is 1. The molecule has 2 aromatic rings. The molecule has 0 atom stereocenters. The smallest absolute Gasteiger partial charge is 0.100 e. The van der Waals surface area contributed by atoms with Crippen LogP contribution >= 0.6 is 23.4 Å². The first-order valence-corrected chi connectivity index (χ1v) is 6.32. The van der Waals surface area contributed by atoms with Crippen molar-refractivity contribution in [3.8, 4) is 6.07 Å². The van der Waals surface area contributed by atoms with Crippen LogP contribution < -0.4 is 0 Å². The van der Waals surface area contributed by atoms with E-state index in [1.165, 1.54) is 5.56 Å². The minimum absolute atomic E-state index is 0.592. The lowest BCUT2D eigenvalue weighted by Crippen LogP contribution is -1.81. The van der Waals surface area contributed by atoms with Gasteiger partial charge in [-0.2, -0.15) is 5.26 Å². The van der Waals surface area contributed by atoms with Gasteiger partial charge in [-0.25, -0.2) is 0 Å². The summed E-state index contributed by atoms with van der Waals surface area (Å²) in [5.41, 5.74) is 1.84. The minimum Gasteiger partial charge on any atom is -0.192 e. The number of nitrogens with zero attached hydrogens (tertiary/aromatic N) is 1. The van der Waals surface area contributed by atoms with Crippen molar-refractivity contribution in [1.82, 2.24) is 0 Å². The number of halogens is 1. The molecule has 17 heavy (non-hydrogen) atoms. The molecular formula is C14H10ClNS. The molecule has 2 rings (SSSR count). The Morgan fingerprint density at radius 2 is 1.82 bits per heavy atom. The van der Waals surface area contributed by atoms with E-state index in [2.05, 4.69) is 37.3 Å². The third kappa shape index (κ3) is 3.03. The lowest BCUT2D eigenvalue weighted by Gasteiger charge is -2.04.